The van der Waals surface area contributed by atoms with Crippen LogP contribution in [-0.4, -0.2) is 4.98 Å². The lowest BCUT2D eigenvalue weighted by Crippen LogP contribution is -2.00. The van der Waals surface area contributed by atoms with Crippen LogP contribution in [0.1, 0.15) is 17.6 Å². The summed E-state index contributed by atoms with van der Waals surface area (Å²) in [6, 6.07) is 0. The zero-order chi connectivity index (χ0) is 10.0. The van der Waals surface area contributed by atoms with Gasteiger partial charge in [0.2, 0.25) is 0 Å². The van der Waals surface area contributed by atoms with Crippen molar-refractivity contribution in [2.45, 2.75) is 11.8 Å². The Balaban J connectivity index is 3.32. The zero-order valence-corrected chi connectivity index (χ0v) is 9.57. The molecule has 0 saturated heterocycles. The topological polar surface area (TPSA) is 38.9 Å². The molecule has 1 rings (SSSR count). The molecule has 1 heterocycles. The predicted octanol–water partition coefficient (Wildman–Crippen LogP) is 3.26. The van der Waals surface area contributed by atoms with Gasteiger partial charge in [-0.15, -0.1) is 0 Å². The largest absolute Gasteiger partial charge is 0.383 e. The van der Waals surface area contributed by atoms with Crippen molar-refractivity contribution in [1.29, 1.82) is 0 Å². The first-order valence-corrected chi connectivity index (χ1v) is 5.26. The van der Waals surface area contributed by atoms with E-state index in [0.29, 0.717) is 10.9 Å². The molecule has 6 heteroatoms. The van der Waals surface area contributed by atoms with Gasteiger partial charge in [-0.3, -0.25) is 0 Å². The van der Waals surface area contributed by atoms with Crippen molar-refractivity contribution < 1.29 is 8.78 Å². The molecule has 0 aliphatic rings. The maximum Gasteiger partial charge on any atom is 0.265 e. The van der Waals surface area contributed by atoms with Crippen molar-refractivity contribution in [2.75, 3.05) is 5.73 Å². The van der Waals surface area contributed by atoms with Crippen LogP contribution in [0, 0.1) is 0 Å². The average molecular weight is 316 g/mol. The van der Waals surface area contributed by atoms with Crippen molar-refractivity contribution in [1.82, 2.24) is 4.98 Å². The summed E-state index contributed by atoms with van der Waals surface area (Å²) >= 11 is 6.08. The first-order valence-electron chi connectivity index (χ1n) is 3.34. The summed E-state index contributed by atoms with van der Waals surface area (Å²) in [5.74, 6) is 0.0833. The number of anilines is 1. The minimum Gasteiger partial charge on any atom is -0.383 e. The highest BCUT2D eigenvalue weighted by Gasteiger charge is 2.18. The second-order valence-electron chi connectivity index (χ2n) is 2.33. The van der Waals surface area contributed by atoms with Crippen molar-refractivity contribution in [3.63, 3.8) is 0 Å². The third-order valence-electron chi connectivity index (χ3n) is 1.53. The number of aromatic nitrogens is 1. The number of alkyl halides is 3. The van der Waals surface area contributed by atoms with Crippen molar-refractivity contribution in [3.8, 4) is 0 Å². The van der Waals surface area contributed by atoms with Crippen molar-refractivity contribution in [3.05, 3.63) is 21.8 Å². The standard InChI is InChI=1S/C7H6Br2F2N2/c8-1-3-2-13-7(12)5(9)4(3)6(10)11/h2,6H,1H2,(H2,12,13). The van der Waals surface area contributed by atoms with Crippen LogP contribution in [0.2, 0.25) is 0 Å². The van der Waals surface area contributed by atoms with Gasteiger partial charge in [0.1, 0.15) is 5.82 Å². The Morgan fingerprint density at radius 3 is 2.62 bits per heavy atom. The van der Waals surface area contributed by atoms with Crippen LogP contribution in [-0.2, 0) is 5.33 Å². The van der Waals surface area contributed by atoms with Gasteiger partial charge < -0.3 is 5.73 Å². The molecule has 13 heavy (non-hydrogen) atoms. The van der Waals surface area contributed by atoms with Crippen LogP contribution in [0.25, 0.3) is 0 Å². The first-order chi connectivity index (χ1) is 6.07. The van der Waals surface area contributed by atoms with Gasteiger partial charge in [0, 0.05) is 17.1 Å². The fourth-order valence-corrected chi connectivity index (χ4v) is 1.87. The summed E-state index contributed by atoms with van der Waals surface area (Å²) in [7, 11) is 0. The van der Waals surface area contributed by atoms with Gasteiger partial charge in [-0.25, -0.2) is 13.8 Å². The van der Waals surface area contributed by atoms with Crippen LogP contribution in [0.15, 0.2) is 10.7 Å². The van der Waals surface area contributed by atoms with E-state index in [1.807, 2.05) is 0 Å². The van der Waals surface area contributed by atoms with Gasteiger partial charge in [0.25, 0.3) is 6.43 Å². The minimum atomic E-state index is -2.55. The Morgan fingerprint density at radius 2 is 2.15 bits per heavy atom. The summed E-state index contributed by atoms with van der Waals surface area (Å²) in [6.45, 7) is 0. The Bertz CT molecular complexity index is 318. The highest BCUT2D eigenvalue weighted by Crippen LogP contribution is 2.34. The van der Waals surface area contributed by atoms with E-state index >= 15 is 0 Å². The molecule has 1 aromatic heterocycles. The number of nitrogen functional groups attached to an aromatic ring is 1. The molecule has 0 saturated carbocycles. The molecule has 2 nitrogen and oxygen atoms in total. The third-order valence-corrected chi connectivity index (χ3v) is 2.97. The van der Waals surface area contributed by atoms with Gasteiger partial charge in [-0.05, 0) is 21.5 Å². The molecule has 0 amide bonds. The number of hydrogen-bond acceptors (Lipinski definition) is 2. The SMILES string of the molecule is Nc1ncc(CBr)c(C(F)F)c1Br. The van der Waals surface area contributed by atoms with Gasteiger partial charge in [-0.1, -0.05) is 15.9 Å². The summed E-state index contributed by atoms with van der Waals surface area (Å²) in [5, 5.41) is 0.332. The van der Waals surface area contributed by atoms with E-state index in [1.165, 1.54) is 6.20 Å². The predicted molar refractivity (Wildman–Crippen MR) is 53.9 cm³/mol. The van der Waals surface area contributed by atoms with Crippen LogP contribution in [0.5, 0.6) is 0 Å². The lowest BCUT2D eigenvalue weighted by atomic mass is 10.1. The van der Waals surface area contributed by atoms with Crippen LogP contribution >= 0.6 is 31.9 Å². The number of halogens is 4. The normalized spacial score (nSPS) is 10.8. The highest BCUT2D eigenvalue weighted by atomic mass is 79.9. The van der Waals surface area contributed by atoms with Crippen LogP contribution in [0.4, 0.5) is 14.6 Å². The molecule has 0 radical (unpaired) electrons. The Morgan fingerprint density at radius 1 is 1.54 bits per heavy atom. The maximum atomic E-state index is 12.5. The van der Waals surface area contributed by atoms with E-state index < -0.39 is 6.43 Å². The van der Waals surface area contributed by atoms with E-state index in [2.05, 4.69) is 36.8 Å². The van der Waals surface area contributed by atoms with E-state index in [1.54, 1.807) is 0 Å². The molecule has 72 valence electrons. The number of rotatable bonds is 2. The molecule has 0 fully saturated rings. The number of pyridine rings is 1. The smallest absolute Gasteiger partial charge is 0.265 e. The maximum absolute atomic E-state index is 12.5. The fraction of sp³-hybridized carbons (Fsp3) is 0.286. The second kappa shape index (κ2) is 4.32. The molecular formula is C7H6Br2F2N2. The molecule has 1 aromatic rings. The Hall–Kier alpha value is -0.230. The van der Waals surface area contributed by atoms with Crippen molar-refractivity contribution >= 4 is 37.7 Å². The lowest BCUT2D eigenvalue weighted by Gasteiger charge is -2.09. The molecule has 0 aliphatic heterocycles. The molecule has 0 bridgehead atoms. The van der Waals surface area contributed by atoms with E-state index in [-0.39, 0.29) is 15.9 Å². The van der Waals surface area contributed by atoms with Crippen LogP contribution in [0.3, 0.4) is 0 Å². The average Bonchev–Trinajstić information content (AvgIpc) is 2.08. The molecule has 0 atom stereocenters. The quantitative estimate of drug-likeness (QED) is 0.851. The number of nitrogens with zero attached hydrogens (tertiary/aromatic N) is 1. The van der Waals surface area contributed by atoms with Crippen molar-refractivity contribution in [2.24, 2.45) is 0 Å². The monoisotopic (exact) mass is 314 g/mol. The van der Waals surface area contributed by atoms with E-state index in [0.717, 1.165) is 0 Å². The van der Waals surface area contributed by atoms with Gasteiger partial charge in [-0.2, -0.15) is 0 Å². The second-order valence-corrected chi connectivity index (χ2v) is 3.68. The van der Waals surface area contributed by atoms with Gasteiger partial charge >= 0.3 is 0 Å². The molecule has 0 aromatic carbocycles. The Labute approximate surface area is 90.8 Å². The summed E-state index contributed by atoms with van der Waals surface area (Å²) in [6.07, 6.45) is -1.21. The Kier molecular flexibility index (Phi) is 3.61. The number of nitrogens with two attached hydrogens (primary N) is 1. The first kappa shape index (κ1) is 10.8. The van der Waals surface area contributed by atoms with Crippen LogP contribution < -0.4 is 5.73 Å². The van der Waals surface area contributed by atoms with E-state index in [9.17, 15) is 8.78 Å². The molecule has 0 aliphatic carbocycles. The lowest BCUT2D eigenvalue weighted by molar-refractivity contribution is 0.149. The summed E-state index contributed by atoms with van der Waals surface area (Å²) in [5.41, 5.74) is 5.72. The molecule has 0 unspecified atom stereocenters. The van der Waals surface area contributed by atoms with Gasteiger partial charge in [0.15, 0.2) is 0 Å². The summed E-state index contributed by atoms with van der Waals surface area (Å²) < 4.78 is 25.2. The fourth-order valence-electron chi connectivity index (χ4n) is 0.895. The molecular weight excluding hydrogens is 310 g/mol. The minimum absolute atomic E-state index is 0.0833. The highest BCUT2D eigenvalue weighted by molar-refractivity contribution is 9.10. The zero-order valence-electron chi connectivity index (χ0n) is 6.40. The number of hydrogen-bond donors (Lipinski definition) is 1. The third kappa shape index (κ3) is 2.17. The summed E-state index contributed by atoms with van der Waals surface area (Å²) in [4.78, 5) is 3.76. The molecule has 0 spiro atoms. The van der Waals surface area contributed by atoms with Gasteiger partial charge in [0.05, 0.1) is 4.47 Å². The van der Waals surface area contributed by atoms with E-state index in [4.69, 9.17) is 5.73 Å². The molecule has 2 N–H and O–H groups in total.